The van der Waals surface area contributed by atoms with Gasteiger partial charge >= 0.3 is 0 Å². The maximum absolute atomic E-state index is 13.5. The third kappa shape index (κ3) is 4.03. The van der Waals surface area contributed by atoms with Crippen LogP contribution < -0.4 is 19.5 Å². The Kier molecular flexibility index (Phi) is 5.75. The number of ketones is 1. The van der Waals surface area contributed by atoms with Gasteiger partial charge in [0.1, 0.15) is 11.8 Å². The number of rotatable bonds is 6. The van der Waals surface area contributed by atoms with Crippen LogP contribution in [0.2, 0.25) is 0 Å². The number of anilines is 1. The molecule has 3 aromatic rings. The molecule has 0 fully saturated rings. The number of aromatic nitrogens is 3. The summed E-state index contributed by atoms with van der Waals surface area (Å²) in [6.07, 6.45) is 1.20. The summed E-state index contributed by atoms with van der Waals surface area (Å²) >= 11 is 0. The van der Waals surface area contributed by atoms with Gasteiger partial charge in [0.2, 0.25) is 5.95 Å². The van der Waals surface area contributed by atoms with E-state index in [4.69, 9.17) is 24.3 Å². The Labute approximate surface area is 204 Å². The number of benzene rings is 2. The molecule has 182 valence electrons. The van der Waals surface area contributed by atoms with E-state index < -0.39 is 6.04 Å². The third-order valence-electron chi connectivity index (χ3n) is 6.48. The van der Waals surface area contributed by atoms with E-state index in [9.17, 15) is 4.79 Å². The maximum Gasteiger partial charge on any atom is 0.226 e. The molecule has 1 atom stereocenters. The quantitative estimate of drug-likeness (QED) is 0.537. The van der Waals surface area contributed by atoms with Gasteiger partial charge in [-0.05, 0) is 49.1 Å². The minimum Gasteiger partial charge on any atom is -0.494 e. The van der Waals surface area contributed by atoms with E-state index >= 15 is 0 Å². The van der Waals surface area contributed by atoms with Crippen molar-refractivity contribution in [3.63, 3.8) is 0 Å². The first-order valence-electron chi connectivity index (χ1n) is 11.8. The molecule has 8 heteroatoms. The lowest BCUT2D eigenvalue weighted by molar-refractivity contribution is -0.118. The molecule has 0 radical (unpaired) electrons. The molecule has 0 bridgehead atoms. The number of nitrogens with zero attached hydrogens (tertiary/aromatic N) is 3. The van der Waals surface area contributed by atoms with Crippen molar-refractivity contribution in [1.82, 2.24) is 14.8 Å². The molecule has 0 saturated heterocycles. The van der Waals surface area contributed by atoms with Gasteiger partial charge in [-0.1, -0.05) is 26.0 Å². The van der Waals surface area contributed by atoms with Crippen LogP contribution >= 0.6 is 0 Å². The minimum absolute atomic E-state index is 0.0994. The molecule has 5 rings (SSSR count). The van der Waals surface area contributed by atoms with E-state index in [1.807, 2.05) is 49.4 Å². The van der Waals surface area contributed by atoms with Crippen molar-refractivity contribution >= 4 is 11.7 Å². The van der Waals surface area contributed by atoms with E-state index in [2.05, 4.69) is 19.2 Å². The van der Waals surface area contributed by atoms with Crippen LogP contribution in [0.15, 0.2) is 53.7 Å². The number of methoxy groups -OCH3 is 2. The van der Waals surface area contributed by atoms with Gasteiger partial charge in [-0.2, -0.15) is 4.98 Å². The van der Waals surface area contributed by atoms with Crippen LogP contribution in [0.25, 0.3) is 11.4 Å². The van der Waals surface area contributed by atoms with Crippen molar-refractivity contribution in [3.05, 3.63) is 59.3 Å². The topological polar surface area (TPSA) is 87.5 Å². The standard InChI is InChI=1S/C27H30N4O4/c1-6-35-17-12-10-16(11-13-17)25-29-26-28-19-14-27(2,3)15-20(32)22(19)23(31(26)30-25)18-8-7-9-21(33-4)24(18)34-5/h7-13,23H,6,14-15H2,1-5H3,(H,28,29,30). The smallest absolute Gasteiger partial charge is 0.226 e. The summed E-state index contributed by atoms with van der Waals surface area (Å²) in [7, 11) is 3.21. The van der Waals surface area contributed by atoms with Gasteiger partial charge in [-0.3, -0.25) is 4.79 Å². The molecule has 0 saturated carbocycles. The molecule has 1 N–H and O–H groups in total. The monoisotopic (exact) mass is 474 g/mol. The molecule has 1 aliphatic carbocycles. The van der Waals surface area contributed by atoms with Crippen LogP contribution in [0.4, 0.5) is 5.95 Å². The fourth-order valence-electron chi connectivity index (χ4n) is 5.01. The van der Waals surface area contributed by atoms with Crippen molar-refractivity contribution in [2.24, 2.45) is 5.41 Å². The number of carbonyl (C=O) groups is 1. The number of carbonyl (C=O) groups excluding carboxylic acids is 1. The number of Topliss-reactive ketones (excluding diaryl/α,β-unsaturated/α-hetero) is 1. The van der Waals surface area contributed by atoms with E-state index in [-0.39, 0.29) is 11.2 Å². The third-order valence-corrected chi connectivity index (χ3v) is 6.48. The normalized spacial score (nSPS) is 18.4. The van der Waals surface area contributed by atoms with Gasteiger partial charge < -0.3 is 19.5 Å². The average molecular weight is 475 g/mol. The Hall–Kier alpha value is -3.81. The van der Waals surface area contributed by atoms with Gasteiger partial charge in [0.25, 0.3) is 0 Å². The lowest BCUT2D eigenvalue weighted by atomic mass is 9.73. The number of hydrogen-bond donors (Lipinski definition) is 1. The van der Waals surface area contributed by atoms with Crippen molar-refractivity contribution in [1.29, 1.82) is 0 Å². The number of ether oxygens (including phenoxy) is 3. The summed E-state index contributed by atoms with van der Waals surface area (Å²) in [4.78, 5) is 18.3. The predicted molar refractivity (Wildman–Crippen MR) is 133 cm³/mol. The van der Waals surface area contributed by atoms with Crippen molar-refractivity contribution < 1.29 is 19.0 Å². The van der Waals surface area contributed by atoms with Gasteiger partial charge in [-0.15, -0.1) is 5.10 Å². The highest BCUT2D eigenvalue weighted by molar-refractivity contribution is 6.00. The molecule has 8 nitrogen and oxygen atoms in total. The molecule has 1 unspecified atom stereocenters. The second kappa shape index (κ2) is 8.76. The van der Waals surface area contributed by atoms with Crippen molar-refractivity contribution in [2.75, 3.05) is 26.1 Å². The summed E-state index contributed by atoms with van der Waals surface area (Å²) in [6.45, 7) is 6.78. The summed E-state index contributed by atoms with van der Waals surface area (Å²) in [5.41, 5.74) is 3.11. The number of allylic oxidation sites excluding steroid dienone is 2. The number of para-hydroxylation sites is 1. The maximum atomic E-state index is 13.5. The Bertz CT molecular complexity index is 1310. The minimum atomic E-state index is -0.487. The first-order chi connectivity index (χ1) is 16.8. The van der Waals surface area contributed by atoms with Crippen molar-refractivity contribution in [2.45, 2.75) is 39.7 Å². The highest BCUT2D eigenvalue weighted by atomic mass is 16.5. The summed E-state index contributed by atoms with van der Waals surface area (Å²) in [6, 6.07) is 12.9. The second-order valence-corrected chi connectivity index (χ2v) is 9.60. The Morgan fingerprint density at radius 3 is 2.54 bits per heavy atom. The van der Waals surface area contributed by atoms with Crippen LogP contribution in [0.3, 0.4) is 0 Å². The predicted octanol–water partition coefficient (Wildman–Crippen LogP) is 5.02. The van der Waals surface area contributed by atoms with Gasteiger partial charge in [0.05, 0.1) is 20.8 Å². The number of fused-ring (bicyclic) bond motifs is 1. The molecule has 2 aliphatic rings. The second-order valence-electron chi connectivity index (χ2n) is 9.60. The lowest BCUT2D eigenvalue weighted by Crippen LogP contribution is -2.36. The molecular formula is C27H30N4O4. The summed E-state index contributed by atoms with van der Waals surface area (Å²) < 4.78 is 18.7. The summed E-state index contributed by atoms with van der Waals surface area (Å²) in [5.74, 6) is 3.23. The zero-order valence-electron chi connectivity index (χ0n) is 20.7. The molecular weight excluding hydrogens is 444 g/mol. The first-order valence-corrected chi connectivity index (χ1v) is 11.8. The molecule has 0 amide bonds. The van der Waals surface area contributed by atoms with Crippen LogP contribution in [-0.4, -0.2) is 41.4 Å². The molecule has 0 spiro atoms. The van der Waals surface area contributed by atoms with Gasteiger partial charge in [0, 0.05) is 28.8 Å². The number of nitrogens with one attached hydrogen (secondary N) is 1. The fourth-order valence-corrected chi connectivity index (χ4v) is 5.01. The van der Waals surface area contributed by atoms with Gasteiger partial charge in [-0.25, -0.2) is 4.68 Å². The molecule has 2 aromatic carbocycles. The van der Waals surface area contributed by atoms with E-state index in [1.165, 1.54) is 0 Å². The van der Waals surface area contributed by atoms with Gasteiger partial charge in [0.15, 0.2) is 23.1 Å². The SMILES string of the molecule is CCOc1ccc(-c2nc3n(n2)C(c2cccc(OC)c2OC)C2=C(CC(C)(C)CC2=O)N3)cc1. The van der Waals surface area contributed by atoms with E-state index in [0.29, 0.717) is 41.9 Å². The Balaban J connectivity index is 1.67. The summed E-state index contributed by atoms with van der Waals surface area (Å²) in [5, 5.41) is 8.29. The fraction of sp³-hybridized carbons (Fsp3) is 0.370. The van der Waals surface area contributed by atoms with Crippen LogP contribution in [0.1, 0.15) is 45.2 Å². The molecule has 1 aliphatic heterocycles. The highest BCUT2D eigenvalue weighted by Gasteiger charge is 2.43. The van der Waals surface area contributed by atoms with Crippen LogP contribution in [0.5, 0.6) is 17.2 Å². The lowest BCUT2D eigenvalue weighted by Gasteiger charge is -2.38. The van der Waals surface area contributed by atoms with Crippen LogP contribution in [0, 0.1) is 5.41 Å². The Morgan fingerprint density at radius 2 is 1.86 bits per heavy atom. The molecule has 1 aromatic heterocycles. The first kappa shape index (κ1) is 23.0. The van der Waals surface area contributed by atoms with Crippen molar-refractivity contribution in [3.8, 4) is 28.6 Å². The average Bonchev–Trinajstić information content (AvgIpc) is 3.25. The molecule has 2 heterocycles. The molecule has 35 heavy (non-hydrogen) atoms. The zero-order valence-corrected chi connectivity index (χ0v) is 20.7. The van der Waals surface area contributed by atoms with E-state index in [0.717, 1.165) is 29.0 Å². The van der Waals surface area contributed by atoms with E-state index in [1.54, 1.807) is 18.9 Å². The highest BCUT2D eigenvalue weighted by Crippen LogP contribution is 2.48. The Morgan fingerprint density at radius 1 is 1.09 bits per heavy atom. The largest absolute Gasteiger partial charge is 0.494 e. The zero-order chi connectivity index (χ0) is 24.7. The van der Waals surface area contributed by atoms with Crippen LogP contribution in [-0.2, 0) is 4.79 Å². The number of hydrogen-bond acceptors (Lipinski definition) is 7.